The lowest BCUT2D eigenvalue weighted by Gasteiger charge is -2.02. The smallest absolute Gasteiger partial charge is 0.120 e. The molecule has 0 saturated heterocycles. The van der Waals surface area contributed by atoms with Gasteiger partial charge in [0.15, 0.2) is 0 Å². The van der Waals surface area contributed by atoms with Gasteiger partial charge in [0.05, 0.1) is 0 Å². The zero-order chi connectivity index (χ0) is 8.10. The Morgan fingerprint density at radius 2 is 2.45 bits per heavy atom. The number of aliphatic imine (C=N–C) groups is 1. The van der Waals surface area contributed by atoms with E-state index in [1.807, 2.05) is 0 Å². The Morgan fingerprint density at radius 3 is 3.18 bits per heavy atom. The van der Waals surface area contributed by atoms with E-state index in [1.165, 1.54) is 5.57 Å². The quantitative estimate of drug-likeness (QED) is 0.420. The topological polar surface area (TPSA) is 50.4 Å². The Balaban J connectivity index is 2.60. The minimum Gasteiger partial charge on any atom is -0.384 e. The molecule has 1 rings (SSSR count). The Morgan fingerprint density at radius 1 is 1.64 bits per heavy atom. The zero-order valence-corrected chi connectivity index (χ0v) is 6.93. The molecule has 0 bridgehead atoms. The first-order chi connectivity index (χ1) is 5.34. The molecule has 3 nitrogen and oxygen atoms in total. The number of rotatable bonds is 1. The van der Waals surface area contributed by atoms with Crippen molar-refractivity contribution in [1.82, 2.24) is 5.32 Å². The van der Waals surface area contributed by atoms with E-state index in [-0.39, 0.29) is 0 Å². The van der Waals surface area contributed by atoms with Crippen LogP contribution < -0.4 is 11.1 Å². The maximum absolute atomic E-state index is 5.67. The van der Waals surface area contributed by atoms with Gasteiger partial charge < -0.3 is 11.1 Å². The van der Waals surface area contributed by atoms with Crippen LogP contribution in [-0.4, -0.2) is 26.0 Å². The van der Waals surface area contributed by atoms with Gasteiger partial charge in [0.1, 0.15) is 5.84 Å². The molecule has 0 atom stereocenters. The molecule has 1 aliphatic rings. The average Bonchev–Trinajstić information content (AvgIpc) is 2.30. The van der Waals surface area contributed by atoms with Gasteiger partial charge in [-0.25, -0.2) is 0 Å². The number of amidine groups is 1. The van der Waals surface area contributed by atoms with Gasteiger partial charge in [-0.1, -0.05) is 6.08 Å². The number of hydrogen-bond donors (Lipinski definition) is 2. The predicted molar refractivity (Wildman–Crippen MR) is 47.7 cm³/mol. The monoisotopic (exact) mass is 153 g/mol. The Kier molecular flexibility index (Phi) is 3.11. The summed E-state index contributed by atoms with van der Waals surface area (Å²) in [5.41, 5.74) is 6.86. The summed E-state index contributed by atoms with van der Waals surface area (Å²) in [6.45, 7) is 2.07. The lowest BCUT2D eigenvalue weighted by molar-refractivity contribution is 0.713. The molecule has 0 aliphatic carbocycles. The third-order valence-electron chi connectivity index (χ3n) is 1.85. The highest BCUT2D eigenvalue weighted by molar-refractivity contribution is 5.96. The molecule has 0 fully saturated rings. The van der Waals surface area contributed by atoms with E-state index >= 15 is 0 Å². The van der Waals surface area contributed by atoms with Crippen LogP contribution in [0.25, 0.3) is 0 Å². The van der Waals surface area contributed by atoms with E-state index in [2.05, 4.69) is 16.4 Å². The average molecular weight is 153 g/mol. The van der Waals surface area contributed by atoms with E-state index < -0.39 is 0 Å². The molecule has 62 valence electrons. The predicted octanol–water partition coefficient (Wildman–Crippen LogP) is 0.283. The number of nitrogens with zero attached hydrogens (tertiary/aromatic N) is 1. The molecule has 3 heteroatoms. The highest BCUT2D eigenvalue weighted by Gasteiger charge is 2.03. The van der Waals surface area contributed by atoms with Gasteiger partial charge in [-0.15, -0.1) is 0 Å². The van der Waals surface area contributed by atoms with Gasteiger partial charge in [0.25, 0.3) is 0 Å². The van der Waals surface area contributed by atoms with Gasteiger partial charge >= 0.3 is 0 Å². The van der Waals surface area contributed by atoms with E-state index in [1.54, 1.807) is 7.05 Å². The van der Waals surface area contributed by atoms with Crippen LogP contribution in [0.2, 0.25) is 0 Å². The fraction of sp³-hybridized carbons (Fsp3) is 0.625. The number of nitrogens with one attached hydrogen (secondary N) is 1. The first-order valence-electron chi connectivity index (χ1n) is 3.97. The largest absolute Gasteiger partial charge is 0.384 e. The van der Waals surface area contributed by atoms with Gasteiger partial charge in [-0.2, -0.15) is 0 Å². The van der Waals surface area contributed by atoms with E-state index in [0.29, 0.717) is 5.84 Å². The summed E-state index contributed by atoms with van der Waals surface area (Å²) >= 11 is 0. The van der Waals surface area contributed by atoms with Crippen molar-refractivity contribution in [1.29, 1.82) is 0 Å². The molecule has 0 radical (unpaired) electrons. The van der Waals surface area contributed by atoms with Crippen molar-refractivity contribution >= 4 is 5.84 Å². The SMILES string of the molecule is CN=C(N)C1=CCCNCC1. The fourth-order valence-electron chi connectivity index (χ4n) is 1.17. The minimum atomic E-state index is 0.689. The summed E-state index contributed by atoms with van der Waals surface area (Å²) in [6.07, 6.45) is 4.23. The van der Waals surface area contributed by atoms with Crippen molar-refractivity contribution in [3.05, 3.63) is 11.6 Å². The molecular weight excluding hydrogens is 138 g/mol. The van der Waals surface area contributed by atoms with Crippen molar-refractivity contribution < 1.29 is 0 Å². The van der Waals surface area contributed by atoms with E-state index in [4.69, 9.17) is 5.73 Å². The van der Waals surface area contributed by atoms with Crippen LogP contribution in [0.15, 0.2) is 16.6 Å². The molecular formula is C8H15N3. The van der Waals surface area contributed by atoms with E-state index in [0.717, 1.165) is 25.9 Å². The second-order valence-corrected chi connectivity index (χ2v) is 2.63. The lowest BCUT2D eigenvalue weighted by Crippen LogP contribution is -2.18. The van der Waals surface area contributed by atoms with Crippen LogP contribution in [0.5, 0.6) is 0 Å². The van der Waals surface area contributed by atoms with Crippen molar-refractivity contribution in [3.8, 4) is 0 Å². The van der Waals surface area contributed by atoms with Crippen molar-refractivity contribution in [2.75, 3.05) is 20.1 Å². The zero-order valence-electron chi connectivity index (χ0n) is 6.93. The summed E-state index contributed by atoms with van der Waals surface area (Å²) in [5.74, 6) is 0.689. The second kappa shape index (κ2) is 4.13. The van der Waals surface area contributed by atoms with Gasteiger partial charge in [0.2, 0.25) is 0 Å². The fourth-order valence-corrected chi connectivity index (χ4v) is 1.17. The summed E-state index contributed by atoms with van der Waals surface area (Å²) in [6, 6.07) is 0. The van der Waals surface area contributed by atoms with Crippen LogP contribution in [0.4, 0.5) is 0 Å². The van der Waals surface area contributed by atoms with Gasteiger partial charge in [0, 0.05) is 7.05 Å². The van der Waals surface area contributed by atoms with Crippen LogP contribution in [0.1, 0.15) is 12.8 Å². The summed E-state index contributed by atoms with van der Waals surface area (Å²) < 4.78 is 0. The molecule has 0 aromatic carbocycles. The molecule has 0 aromatic heterocycles. The van der Waals surface area contributed by atoms with Crippen LogP contribution in [0, 0.1) is 0 Å². The first-order valence-corrected chi connectivity index (χ1v) is 3.97. The minimum absolute atomic E-state index is 0.689. The Bertz CT molecular complexity index is 182. The van der Waals surface area contributed by atoms with Gasteiger partial charge in [-0.05, 0) is 31.5 Å². The molecule has 3 N–H and O–H groups in total. The standard InChI is InChI=1S/C8H15N3/c1-10-8(9)7-3-2-5-11-6-4-7/h3,11H,2,4-6H2,1H3,(H2,9,10). The maximum Gasteiger partial charge on any atom is 0.120 e. The maximum atomic E-state index is 5.67. The second-order valence-electron chi connectivity index (χ2n) is 2.63. The molecule has 1 aliphatic heterocycles. The van der Waals surface area contributed by atoms with Gasteiger partial charge in [-0.3, -0.25) is 4.99 Å². The number of hydrogen-bond acceptors (Lipinski definition) is 2. The molecule has 0 unspecified atom stereocenters. The van der Waals surface area contributed by atoms with Crippen LogP contribution in [0.3, 0.4) is 0 Å². The van der Waals surface area contributed by atoms with Crippen molar-refractivity contribution in [2.24, 2.45) is 10.7 Å². The highest BCUT2D eigenvalue weighted by atomic mass is 14.9. The molecule has 1 heterocycles. The lowest BCUT2D eigenvalue weighted by atomic mass is 10.1. The van der Waals surface area contributed by atoms with E-state index in [9.17, 15) is 0 Å². The number of nitrogens with two attached hydrogens (primary N) is 1. The van der Waals surface area contributed by atoms with Crippen LogP contribution >= 0.6 is 0 Å². The normalized spacial score (nSPS) is 20.8. The molecule has 0 amide bonds. The van der Waals surface area contributed by atoms with Crippen molar-refractivity contribution in [2.45, 2.75) is 12.8 Å². The molecule has 0 spiro atoms. The Hall–Kier alpha value is -0.830. The molecule has 0 saturated carbocycles. The van der Waals surface area contributed by atoms with Crippen LogP contribution in [-0.2, 0) is 0 Å². The Labute approximate surface area is 67.4 Å². The third kappa shape index (κ3) is 2.35. The van der Waals surface area contributed by atoms with Crippen molar-refractivity contribution in [3.63, 3.8) is 0 Å². The highest BCUT2D eigenvalue weighted by Crippen LogP contribution is 2.04. The first kappa shape index (κ1) is 8.27. The summed E-state index contributed by atoms with van der Waals surface area (Å²) in [7, 11) is 1.73. The molecule has 11 heavy (non-hydrogen) atoms. The summed E-state index contributed by atoms with van der Waals surface area (Å²) in [5, 5.41) is 3.29. The molecule has 0 aromatic rings. The third-order valence-corrected chi connectivity index (χ3v) is 1.85. The summed E-state index contributed by atoms with van der Waals surface area (Å²) in [4.78, 5) is 3.95.